The molecule has 27 heavy (non-hydrogen) atoms. The first-order chi connectivity index (χ1) is 12.2. The fraction of sp³-hybridized carbons (Fsp3) is 0.632. The third-order valence-electron chi connectivity index (χ3n) is 4.99. The number of amides is 1. The number of aliphatic hydroxyl groups is 1. The number of alkyl halides is 3. The molecule has 1 spiro atoms. The summed E-state index contributed by atoms with van der Waals surface area (Å²) in [5.41, 5.74) is -1.25. The Morgan fingerprint density at radius 2 is 1.78 bits per heavy atom. The van der Waals surface area contributed by atoms with E-state index >= 15 is 0 Å². The van der Waals surface area contributed by atoms with E-state index in [0.717, 1.165) is 0 Å². The van der Waals surface area contributed by atoms with Gasteiger partial charge in [0.2, 0.25) is 0 Å². The molecule has 1 heterocycles. The molecule has 1 saturated heterocycles. The molecule has 0 atom stereocenters. The maximum atomic E-state index is 12.5. The summed E-state index contributed by atoms with van der Waals surface area (Å²) in [6.45, 7) is 7.84. The Labute approximate surface area is 156 Å². The van der Waals surface area contributed by atoms with Crippen LogP contribution in [0.5, 0.6) is 5.75 Å². The number of carbonyl (C=O) groups is 1. The van der Waals surface area contributed by atoms with Crippen LogP contribution in [0.4, 0.5) is 18.0 Å². The highest BCUT2D eigenvalue weighted by atomic mass is 19.4. The molecule has 2 aliphatic rings. The largest absolute Gasteiger partial charge is 0.573 e. The van der Waals surface area contributed by atoms with Gasteiger partial charge in [0.05, 0.1) is 5.60 Å². The van der Waals surface area contributed by atoms with Gasteiger partial charge in [-0.05, 0) is 57.7 Å². The van der Waals surface area contributed by atoms with E-state index in [9.17, 15) is 23.1 Å². The number of carbonyl (C=O) groups excluding carboxylic acids is 1. The first-order valence-electron chi connectivity index (χ1n) is 8.78. The predicted octanol–water partition coefficient (Wildman–Crippen LogP) is 4.11. The molecule has 8 heteroatoms. The third kappa shape index (κ3) is 4.15. The molecule has 150 valence electrons. The summed E-state index contributed by atoms with van der Waals surface area (Å²) >= 11 is 0. The zero-order valence-corrected chi connectivity index (χ0v) is 15.8. The van der Waals surface area contributed by atoms with Gasteiger partial charge < -0.3 is 19.5 Å². The second-order valence-corrected chi connectivity index (χ2v) is 8.75. The number of benzene rings is 1. The highest BCUT2D eigenvalue weighted by molar-refractivity contribution is 5.69. The molecule has 1 saturated carbocycles. The average molecular weight is 387 g/mol. The minimum absolute atomic E-state index is 0.207. The molecule has 0 bridgehead atoms. The molecule has 1 aliphatic carbocycles. The van der Waals surface area contributed by atoms with Crippen molar-refractivity contribution >= 4 is 6.09 Å². The quantitative estimate of drug-likeness (QED) is 0.830. The summed E-state index contributed by atoms with van der Waals surface area (Å²) in [4.78, 5) is 13.6. The summed E-state index contributed by atoms with van der Waals surface area (Å²) in [5, 5.41) is 10.8. The van der Waals surface area contributed by atoms with Crippen LogP contribution < -0.4 is 4.74 Å². The normalized spacial score (nSPS) is 20.7. The smallest absolute Gasteiger partial charge is 0.444 e. The van der Waals surface area contributed by atoms with E-state index in [0.29, 0.717) is 37.1 Å². The lowest BCUT2D eigenvalue weighted by atomic mass is 9.53. The molecular formula is C19H24F3NO4. The standard InChI is InChI=1S/C19H24F3NO4/c1-12-5-6-13(7-14(12)26-19(20,21)22)18(25)8-17(9-18)10-23(11-17)15(24)27-16(2,3)4/h5-7,25H,8-11H2,1-4H3. The van der Waals surface area contributed by atoms with Gasteiger partial charge in [-0.2, -0.15) is 0 Å². The molecule has 0 unspecified atom stereocenters. The maximum absolute atomic E-state index is 12.5. The first kappa shape index (κ1) is 19.8. The number of hydrogen-bond donors (Lipinski definition) is 1. The van der Waals surface area contributed by atoms with Crippen LogP contribution in [0, 0.1) is 12.3 Å². The third-order valence-corrected chi connectivity index (χ3v) is 4.99. The maximum Gasteiger partial charge on any atom is 0.573 e. The number of likely N-dealkylation sites (tertiary alicyclic amines) is 1. The van der Waals surface area contributed by atoms with Gasteiger partial charge in [-0.1, -0.05) is 12.1 Å². The lowest BCUT2D eigenvalue weighted by Gasteiger charge is -2.62. The van der Waals surface area contributed by atoms with E-state index in [-0.39, 0.29) is 17.3 Å². The lowest BCUT2D eigenvalue weighted by molar-refractivity contribution is -0.275. The molecule has 1 aliphatic heterocycles. The first-order valence-corrected chi connectivity index (χ1v) is 8.78. The van der Waals surface area contributed by atoms with Crippen molar-refractivity contribution in [2.75, 3.05) is 13.1 Å². The number of aryl methyl sites for hydroxylation is 1. The van der Waals surface area contributed by atoms with Crippen LogP contribution in [0.2, 0.25) is 0 Å². The van der Waals surface area contributed by atoms with E-state index in [1.807, 2.05) is 0 Å². The van der Waals surface area contributed by atoms with Crippen LogP contribution in [0.3, 0.4) is 0 Å². The molecule has 0 radical (unpaired) electrons. The predicted molar refractivity (Wildman–Crippen MR) is 91.2 cm³/mol. The molecular weight excluding hydrogens is 363 g/mol. The van der Waals surface area contributed by atoms with Crippen LogP contribution >= 0.6 is 0 Å². The van der Waals surface area contributed by atoms with Crippen LogP contribution in [-0.2, 0) is 10.3 Å². The van der Waals surface area contributed by atoms with Gasteiger partial charge in [0.1, 0.15) is 11.4 Å². The molecule has 2 fully saturated rings. The molecule has 1 amide bonds. The van der Waals surface area contributed by atoms with E-state index in [2.05, 4.69) is 4.74 Å². The lowest BCUT2D eigenvalue weighted by Crippen LogP contribution is -2.68. The van der Waals surface area contributed by atoms with Crippen molar-refractivity contribution in [3.05, 3.63) is 29.3 Å². The van der Waals surface area contributed by atoms with E-state index in [1.165, 1.54) is 19.1 Å². The number of ether oxygens (including phenoxy) is 2. The van der Waals surface area contributed by atoms with Gasteiger partial charge in [0, 0.05) is 18.5 Å². The van der Waals surface area contributed by atoms with Gasteiger partial charge in [0.15, 0.2) is 0 Å². The summed E-state index contributed by atoms with van der Waals surface area (Å²) in [6, 6.07) is 4.38. The zero-order valence-electron chi connectivity index (χ0n) is 15.8. The fourth-order valence-corrected chi connectivity index (χ4v) is 3.96. The van der Waals surface area contributed by atoms with Gasteiger partial charge >= 0.3 is 12.5 Å². The SMILES string of the molecule is Cc1ccc(C2(O)CC3(CN(C(=O)OC(C)(C)C)C3)C2)cc1OC(F)(F)F. The number of rotatable bonds is 2. The van der Waals surface area contributed by atoms with Crippen LogP contribution in [0.15, 0.2) is 18.2 Å². The van der Waals surface area contributed by atoms with E-state index in [1.54, 1.807) is 31.7 Å². The van der Waals surface area contributed by atoms with Gasteiger partial charge in [-0.15, -0.1) is 13.2 Å². The zero-order chi connectivity index (χ0) is 20.3. The van der Waals surface area contributed by atoms with Crippen molar-refractivity contribution < 1.29 is 32.5 Å². The fourth-order valence-electron chi connectivity index (χ4n) is 3.96. The summed E-state index contributed by atoms with van der Waals surface area (Å²) in [6.07, 6.45) is -4.41. The van der Waals surface area contributed by atoms with Crippen molar-refractivity contribution in [1.82, 2.24) is 4.90 Å². The summed E-state index contributed by atoms with van der Waals surface area (Å²) in [7, 11) is 0. The Morgan fingerprint density at radius 3 is 2.30 bits per heavy atom. The van der Waals surface area contributed by atoms with Crippen LogP contribution in [0.1, 0.15) is 44.7 Å². The minimum atomic E-state index is -4.78. The summed E-state index contributed by atoms with van der Waals surface area (Å²) < 4.78 is 47.0. The van der Waals surface area contributed by atoms with Crippen LogP contribution in [0.25, 0.3) is 0 Å². The topological polar surface area (TPSA) is 59.0 Å². The highest BCUT2D eigenvalue weighted by Gasteiger charge is 2.61. The van der Waals surface area contributed by atoms with E-state index in [4.69, 9.17) is 4.74 Å². The Kier molecular flexibility index (Phi) is 4.41. The Hall–Kier alpha value is -1.96. The van der Waals surface area contributed by atoms with Crippen LogP contribution in [-0.4, -0.2) is 41.2 Å². The average Bonchev–Trinajstić information content (AvgIpc) is 2.40. The number of nitrogens with zero attached hydrogens (tertiary/aromatic N) is 1. The monoisotopic (exact) mass is 387 g/mol. The highest BCUT2D eigenvalue weighted by Crippen LogP contribution is 2.59. The number of hydrogen-bond acceptors (Lipinski definition) is 4. The number of halogens is 3. The molecule has 3 rings (SSSR count). The molecule has 1 aromatic rings. The van der Waals surface area contributed by atoms with Crippen molar-refractivity contribution in [3.63, 3.8) is 0 Å². The Morgan fingerprint density at radius 1 is 1.19 bits per heavy atom. The molecule has 0 aromatic heterocycles. The second kappa shape index (κ2) is 6.02. The summed E-state index contributed by atoms with van der Waals surface area (Å²) in [5.74, 6) is -0.307. The van der Waals surface area contributed by atoms with Crippen molar-refractivity contribution in [3.8, 4) is 5.75 Å². The van der Waals surface area contributed by atoms with Crippen molar-refractivity contribution in [2.24, 2.45) is 5.41 Å². The van der Waals surface area contributed by atoms with Gasteiger partial charge in [-0.3, -0.25) is 0 Å². The van der Waals surface area contributed by atoms with Gasteiger partial charge in [-0.25, -0.2) is 4.79 Å². The molecule has 1 aromatic carbocycles. The molecule has 1 N–H and O–H groups in total. The van der Waals surface area contributed by atoms with Crippen molar-refractivity contribution in [1.29, 1.82) is 0 Å². The Balaban J connectivity index is 1.63. The molecule has 5 nitrogen and oxygen atoms in total. The van der Waals surface area contributed by atoms with Gasteiger partial charge in [0.25, 0.3) is 0 Å². The van der Waals surface area contributed by atoms with Crippen molar-refractivity contribution in [2.45, 2.75) is 58.1 Å². The second-order valence-electron chi connectivity index (χ2n) is 8.75. The Bertz CT molecular complexity index is 740. The van der Waals surface area contributed by atoms with E-state index < -0.39 is 17.6 Å². The minimum Gasteiger partial charge on any atom is -0.444 e.